The van der Waals surface area contributed by atoms with Gasteiger partial charge in [0.15, 0.2) is 0 Å². The maximum absolute atomic E-state index is 12.5. The Bertz CT molecular complexity index is 1490. The van der Waals surface area contributed by atoms with E-state index in [9.17, 15) is 19.5 Å². The average Bonchev–Trinajstić information content (AvgIpc) is 2.94. The summed E-state index contributed by atoms with van der Waals surface area (Å²) in [7, 11) is 1.32. The second kappa shape index (κ2) is 12.1. The number of phenols is 1. The van der Waals surface area contributed by atoms with E-state index in [0.717, 1.165) is 16.7 Å². The van der Waals surface area contributed by atoms with E-state index in [2.05, 4.69) is 21.9 Å². The highest BCUT2D eigenvalue weighted by Crippen LogP contribution is 2.17. The summed E-state index contributed by atoms with van der Waals surface area (Å²) in [6.07, 6.45) is 0.134. The fourth-order valence-electron chi connectivity index (χ4n) is 3.37. The molecule has 0 radical (unpaired) electrons. The zero-order valence-corrected chi connectivity index (χ0v) is 20.4. The number of rotatable bonds is 6. The highest BCUT2D eigenvalue weighted by molar-refractivity contribution is 6.04. The summed E-state index contributed by atoms with van der Waals surface area (Å²) in [5.41, 5.74) is 3.53. The smallest absolute Gasteiger partial charge is 0.343 e. The summed E-state index contributed by atoms with van der Waals surface area (Å²) < 4.78 is 10.1. The summed E-state index contributed by atoms with van der Waals surface area (Å²) >= 11 is 0. The quantitative estimate of drug-likeness (QED) is 0.218. The molecule has 4 aromatic rings. The molecule has 0 aliphatic rings. The molecule has 0 fully saturated rings. The van der Waals surface area contributed by atoms with Gasteiger partial charge in [0, 0.05) is 22.4 Å². The van der Waals surface area contributed by atoms with Crippen molar-refractivity contribution < 1.29 is 29.0 Å². The van der Waals surface area contributed by atoms with Gasteiger partial charge in [0.1, 0.15) is 11.5 Å². The number of anilines is 1. The van der Waals surface area contributed by atoms with Crippen LogP contribution in [0.25, 0.3) is 0 Å². The van der Waals surface area contributed by atoms with Gasteiger partial charge in [-0.3, -0.25) is 9.59 Å². The van der Waals surface area contributed by atoms with Crippen molar-refractivity contribution in [3.05, 3.63) is 125 Å². The van der Waals surface area contributed by atoms with Crippen LogP contribution in [0, 0.1) is 11.8 Å². The van der Waals surface area contributed by atoms with Gasteiger partial charge in [-0.05, 0) is 90.5 Å². The molecule has 0 aromatic heterocycles. The predicted octanol–water partition coefficient (Wildman–Crippen LogP) is 4.98. The van der Waals surface area contributed by atoms with Gasteiger partial charge in [-0.2, -0.15) is 0 Å². The standard InChI is InChI=1S/C31H23NO6/c1-37-29(34)20-23-4-10-24(11-5-23)30(35)32-26-14-12-25(13-15-26)31(36)38-28-18-8-22(9-19-28)3-2-21-6-16-27(33)17-7-21/h4-19,33H,20H2,1H3,(H,32,35). The molecule has 0 heterocycles. The molecule has 2 N–H and O–H groups in total. The molecule has 4 rings (SSSR count). The maximum Gasteiger partial charge on any atom is 0.343 e. The SMILES string of the molecule is COC(=O)Cc1ccc(C(=O)Nc2ccc(C(=O)Oc3ccc(C#Cc4ccc(O)cc4)cc3)cc2)cc1. The Kier molecular flexibility index (Phi) is 8.17. The number of phenolic OH excluding ortho intramolecular Hbond substituents is 1. The largest absolute Gasteiger partial charge is 0.508 e. The Morgan fingerprint density at radius 1 is 0.737 bits per heavy atom. The van der Waals surface area contributed by atoms with Gasteiger partial charge in [-0.25, -0.2) is 4.79 Å². The van der Waals surface area contributed by atoms with Crippen molar-refractivity contribution in [1.29, 1.82) is 0 Å². The third-order valence-electron chi connectivity index (χ3n) is 5.45. The summed E-state index contributed by atoms with van der Waals surface area (Å²) in [5, 5.41) is 12.1. The topological polar surface area (TPSA) is 102 Å². The van der Waals surface area contributed by atoms with E-state index in [4.69, 9.17) is 4.74 Å². The van der Waals surface area contributed by atoms with E-state index < -0.39 is 5.97 Å². The molecule has 0 saturated heterocycles. The summed E-state index contributed by atoms with van der Waals surface area (Å²) in [6.45, 7) is 0. The average molecular weight is 506 g/mol. The lowest BCUT2D eigenvalue weighted by atomic mass is 10.1. The zero-order chi connectivity index (χ0) is 26.9. The zero-order valence-electron chi connectivity index (χ0n) is 20.4. The van der Waals surface area contributed by atoms with Crippen LogP contribution in [0.2, 0.25) is 0 Å². The number of nitrogens with one attached hydrogen (secondary N) is 1. The third-order valence-corrected chi connectivity index (χ3v) is 5.45. The first-order chi connectivity index (χ1) is 18.4. The molecule has 0 aliphatic carbocycles. The van der Waals surface area contributed by atoms with Crippen LogP contribution in [0.4, 0.5) is 5.69 Å². The molecule has 4 aromatic carbocycles. The molecule has 0 atom stereocenters. The monoisotopic (exact) mass is 505 g/mol. The van der Waals surface area contributed by atoms with Gasteiger partial charge in [0.2, 0.25) is 0 Å². The molecule has 7 nitrogen and oxygen atoms in total. The Balaban J connectivity index is 1.31. The van der Waals surface area contributed by atoms with Gasteiger partial charge in [0.25, 0.3) is 5.91 Å². The highest BCUT2D eigenvalue weighted by atomic mass is 16.5. The number of esters is 2. The van der Waals surface area contributed by atoms with Crippen LogP contribution in [0.1, 0.15) is 37.4 Å². The first-order valence-electron chi connectivity index (χ1n) is 11.6. The first kappa shape index (κ1) is 25.7. The van der Waals surface area contributed by atoms with Crippen LogP contribution in [0.3, 0.4) is 0 Å². The predicted molar refractivity (Wildman–Crippen MR) is 142 cm³/mol. The number of carbonyl (C=O) groups excluding carboxylic acids is 3. The molecule has 188 valence electrons. The normalized spacial score (nSPS) is 10.0. The highest BCUT2D eigenvalue weighted by Gasteiger charge is 2.11. The van der Waals surface area contributed by atoms with Crippen molar-refractivity contribution >= 4 is 23.5 Å². The molecule has 7 heteroatoms. The van der Waals surface area contributed by atoms with Crippen molar-refractivity contribution in [2.24, 2.45) is 0 Å². The summed E-state index contributed by atoms with van der Waals surface area (Å²) in [6, 6.07) is 26.4. The molecular formula is C31H23NO6. The van der Waals surface area contributed by atoms with Crippen molar-refractivity contribution in [2.45, 2.75) is 6.42 Å². The fraction of sp³-hybridized carbons (Fsp3) is 0.0645. The minimum atomic E-state index is -0.535. The maximum atomic E-state index is 12.5. The Morgan fingerprint density at radius 3 is 1.87 bits per heavy atom. The van der Waals surface area contributed by atoms with E-state index in [0.29, 0.717) is 22.6 Å². The number of ether oxygens (including phenoxy) is 2. The van der Waals surface area contributed by atoms with Gasteiger partial charge in [0.05, 0.1) is 19.1 Å². The van der Waals surface area contributed by atoms with Crippen molar-refractivity contribution in [3.63, 3.8) is 0 Å². The number of amides is 1. The Morgan fingerprint density at radius 2 is 1.29 bits per heavy atom. The minimum absolute atomic E-state index is 0.134. The number of hydrogen-bond donors (Lipinski definition) is 2. The van der Waals surface area contributed by atoms with E-state index in [1.165, 1.54) is 7.11 Å². The lowest BCUT2D eigenvalue weighted by molar-refractivity contribution is -0.139. The molecule has 0 aliphatic heterocycles. The second-order valence-corrected chi connectivity index (χ2v) is 8.19. The van der Waals surface area contributed by atoms with Crippen LogP contribution >= 0.6 is 0 Å². The fourth-order valence-corrected chi connectivity index (χ4v) is 3.37. The lowest BCUT2D eigenvalue weighted by Gasteiger charge is -2.08. The van der Waals surface area contributed by atoms with E-state index in [-0.39, 0.29) is 24.0 Å². The molecular weight excluding hydrogens is 482 g/mol. The van der Waals surface area contributed by atoms with Gasteiger partial charge < -0.3 is 19.9 Å². The van der Waals surface area contributed by atoms with Crippen LogP contribution in [0.15, 0.2) is 97.1 Å². The number of hydrogen-bond acceptors (Lipinski definition) is 6. The van der Waals surface area contributed by atoms with E-state index >= 15 is 0 Å². The number of carbonyl (C=O) groups is 3. The van der Waals surface area contributed by atoms with Crippen LogP contribution < -0.4 is 10.1 Å². The van der Waals surface area contributed by atoms with Crippen molar-refractivity contribution in [2.75, 3.05) is 12.4 Å². The molecule has 0 unspecified atom stereocenters. The van der Waals surface area contributed by atoms with Gasteiger partial charge in [-0.1, -0.05) is 24.0 Å². The third kappa shape index (κ3) is 7.09. The Labute approximate surface area is 219 Å². The number of methoxy groups -OCH3 is 1. The van der Waals surface area contributed by atoms with Crippen molar-refractivity contribution in [1.82, 2.24) is 0 Å². The van der Waals surface area contributed by atoms with Crippen LogP contribution in [-0.4, -0.2) is 30.1 Å². The number of benzene rings is 4. The lowest BCUT2D eigenvalue weighted by Crippen LogP contribution is -2.13. The Hall–Kier alpha value is -5.35. The van der Waals surface area contributed by atoms with Gasteiger partial charge in [-0.15, -0.1) is 0 Å². The molecule has 0 bridgehead atoms. The van der Waals surface area contributed by atoms with E-state index in [1.807, 2.05) is 0 Å². The minimum Gasteiger partial charge on any atom is -0.508 e. The van der Waals surface area contributed by atoms with Gasteiger partial charge >= 0.3 is 11.9 Å². The van der Waals surface area contributed by atoms with Crippen LogP contribution in [0.5, 0.6) is 11.5 Å². The molecule has 1 amide bonds. The molecule has 0 spiro atoms. The van der Waals surface area contributed by atoms with Crippen molar-refractivity contribution in [3.8, 4) is 23.3 Å². The summed E-state index contributed by atoms with van der Waals surface area (Å²) in [5.74, 6) is 5.36. The first-order valence-corrected chi connectivity index (χ1v) is 11.6. The number of aromatic hydroxyl groups is 1. The molecule has 0 saturated carbocycles. The van der Waals surface area contributed by atoms with E-state index in [1.54, 1.807) is 97.1 Å². The van der Waals surface area contributed by atoms with Crippen LogP contribution in [-0.2, 0) is 16.0 Å². The molecule has 38 heavy (non-hydrogen) atoms. The second-order valence-electron chi connectivity index (χ2n) is 8.19. The summed E-state index contributed by atoms with van der Waals surface area (Å²) in [4.78, 5) is 36.4.